The van der Waals surface area contributed by atoms with Crippen molar-refractivity contribution in [1.82, 2.24) is 9.62 Å². The van der Waals surface area contributed by atoms with Gasteiger partial charge in [0.05, 0.1) is 12.4 Å². The van der Waals surface area contributed by atoms with E-state index in [9.17, 15) is 8.42 Å². The third-order valence-electron chi connectivity index (χ3n) is 2.65. The lowest BCUT2D eigenvalue weighted by Gasteiger charge is -2.19. The molecule has 6 heteroatoms. The van der Waals surface area contributed by atoms with Gasteiger partial charge in [-0.05, 0) is 32.9 Å². The first kappa shape index (κ1) is 13.9. The highest BCUT2D eigenvalue weighted by molar-refractivity contribution is 7.89. The molecule has 1 N–H and O–H groups in total. The first-order chi connectivity index (χ1) is 7.67. The maximum absolute atomic E-state index is 12.0. The summed E-state index contributed by atoms with van der Waals surface area (Å²) in [7, 11) is -1.19. The molecule has 1 aliphatic rings. The van der Waals surface area contributed by atoms with Gasteiger partial charge in [0, 0.05) is 19.7 Å². The summed E-state index contributed by atoms with van der Waals surface area (Å²) in [5.41, 5.74) is 0. The number of ether oxygens (including phenoxy) is 1. The number of nitrogens with zero attached hydrogens (tertiary/aromatic N) is 1. The molecule has 1 heterocycles. The standard InChI is InChI=1S/C10H22N2O3S/c1-11-5-2-3-10-16(13,14)12-6-4-8-15-9-7-12/h11H,2-10H2,1H3. The number of sulfonamides is 1. The number of unbranched alkanes of at least 4 members (excludes halogenated alkanes) is 1. The topological polar surface area (TPSA) is 58.6 Å². The molecule has 0 amide bonds. The Labute approximate surface area is 98.2 Å². The van der Waals surface area contributed by atoms with Crippen LogP contribution in [0.3, 0.4) is 0 Å². The zero-order valence-corrected chi connectivity index (χ0v) is 10.8. The molecule has 0 bridgehead atoms. The van der Waals surface area contributed by atoms with Gasteiger partial charge in [0.1, 0.15) is 0 Å². The van der Waals surface area contributed by atoms with E-state index in [0.29, 0.717) is 26.3 Å². The molecule has 0 aromatic carbocycles. The molecule has 0 aliphatic carbocycles. The second-order valence-electron chi connectivity index (χ2n) is 3.99. The number of hydrogen-bond acceptors (Lipinski definition) is 4. The SMILES string of the molecule is CNCCCCS(=O)(=O)N1CCCOCC1. The number of hydrogen-bond donors (Lipinski definition) is 1. The van der Waals surface area contributed by atoms with Gasteiger partial charge in [-0.3, -0.25) is 0 Å². The van der Waals surface area contributed by atoms with E-state index < -0.39 is 10.0 Å². The van der Waals surface area contributed by atoms with Gasteiger partial charge in [0.25, 0.3) is 0 Å². The molecular formula is C10H22N2O3S. The minimum absolute atomic E-state index is 0.259. The molecule has 0 radical (unpaired) electrons. The van der Waals surface area contributed by atoms with Gasteiger partial charge in [-0.15, -0.1) is 0 Å². The van der Waals surface area contributed by atoms with Crippen molar-refractivity contribution >= 4 is 10.0 Å². The summed E-state index contributed by atoms with van der Waals surface area (Å²) >= 11 is 0. The van der Waals surface area contributed by atoms with Crippen LogP contribution in [0.5, 0.6) is 0 Å². The molecule has 16 heavy (non-hydrogen) atoms. The minimum atomic E-state index is -3.06. The van der Waals surface area contributed by atoms with Crippen LogP contribution in [0, 0.1) is 0 Å². The van der Waals surface area contributed by atoms with Crippen molar-refractivity contribution in [1.29, 1.82) is 0 Å². The lowest BCUT2D eigenvalue weighted by atomic mass is 10.3. The minimum Gasteiger partial charge on any atom is -0.380 e. The van der Waals surface area contributed by atoms with Crippen molar-refractivity contribution in [2.45, 2.75) is 19.3 Å². The van der Waals surface area contributed by atoms with Crippen molar-refractivity contribution in [2.75, 3.05) is 45.6 Å². The molecule has 1 aliphatic heterocycles. The smallest absolute Gasteiger partial charge is 0.214 e. The molecule has 0 unspecified atom stereocenters. The van der Waals surface area contributed by atoms with Crippen LogP contribution in [-0.2, 0) is 14.8 Å². The fraction of sp³-hybridized carbons (Fsp3) is 1.00. The van der Waals surface area contributed by atoms with Crippen LogP contribution in [0.2, 0.25) is 0 Å². The normalized spacial score (nSPS) is 19.6. The van der Waals surface area contributed by atoms with E-state index in [1.54, 1.807) is 4.31 Å². The molecule has 1 fully saturated rings. The van der Waals surface area contributed by atoms with E-state index in [0.717, 1.165) is 25.8 Å². The van der Waals surface area contributed by atoms with Crippen molar-refractivity contribution in [2.24, 2.45) is 0 Å². The second-order valence-corrected chi connectivity index (χ2v) is 6.08. The average molecular weight is 250 g/mol. The molecule has 1 rings (SSSR count). The fourth-order valence-corrected chi connectivity index (χ4v) is 3.30. The van der Waals surface area contributed by atoms with Gasteiger partial charge in [0.2, 0.25) is 10.0 Å². The number of nitrogens with one attached hydrogen (secondary N) is 1. The molecule has 0 aromatic heterocycles. The average Bonchev–Trinajstić information content (AvgIpc) is 2.53. The van der Waals surface area contributed by atoms with E-state index >= 15 is 0 Å². The highest BCUT2D eigenvalue weighted by Crippen LogP contribution is 2.08. The summed E-state index contributed by atoms with van der Waals surface area (Å²) in [5, 5.41) is 3.02. The van der Waals surface area contributed by atoms with Crippen LogP contribution >= 0.6 is 0 Å². The second kappa shape index (κ2) is 7.21. The third-order valence-corrected chi connectivity index (χ3v) is 4.61. The van der Waals surface area contributed by atoms with Crippen molar-refractivity contribution in [3.8, 4) is 0 Å². The van der Waals surface area contributed by atoms with Crippen LogP contribution in [0.15, 0.2) is 0 Å². The quantitative estimate of drug-likeness (QED) is 0.676. The third kappa shape index (κ3) is 4.78. The van der Waals surface area contributed by atoms with Crippen molar-refractivity contribution in [3.63, 3.8) is 0 Å². The highest BCUT2D eigenvalue weighted by Gasteiger charge is 2.22. The van der Waals surface area contributed by atoms with Crippen molar-refractivity contribution < 1.29 is 13.2 Å². The van der Waals surface area contributed by atoms with Crippen LogP contribution in [0.1, 0.15) is 19.3 Å². The van der Waals surface area contributed by atoms with E-state index in [-0.39, 0.29) is 5.75 Å². The predicted octanol–water partition coefficient (Wildman–Crippen LogP) is 0.0381. The first-order valence-electron chi connectivity index (χ1n) is 5.87. The van der Waals surface area contributed by atoms with Gasteiger partial charge >= 0.3 is 0 Å². The molecule has 0 spiro atoms. The summed E-state index contributed by atoms with van der Waals surface area (Å²) in [6.45, 7) is 3.18. The largest absolute Gasteiger partial charge is 0.380 e. The van der Waals surface area contributed by atoms with Gasteiger partial charge in [-0.2, -0.15) is 4.31 Å². The lowest BCUT2D eigenvalue weighted by Crippen LogP contribution is -2.35. The summed E-state index contributed by atoms with van der Waals surface area (Å²) in [5.74, 6) is 0.259. The van der Waals surface area contributed by atoms with Crippen LogP contribution in [0.25, 0.3) is 0 Å². The number of rotatable bonds is 6. The fourth-order valence-electron chi connectivity index (χ4n) is 1.72. The highest BCUT2D eigenvalue weighted by atomic mass is 32.2. The Kier molecular flexibility index (Phi) is 6.26. The Morgan fingerprint density at radius 3 is 2.81 bits per heavy atom. The Morgan fingerprint density at radius 1 is 1.25 bits per heavy atom. The summed E-state index contributed by atoms with van der Waals surface area (Å²) in [6.07, 6.45) is 2.43. The molecule has 1 saturated heterocycles. The Bertz CT molecular complexity index is 272. The molecule has 0 saturated carbocycles. The first-order valence-corrected chi connectivity index (χ1v) is 7.48. The van der Waals surface area contributed by atoms with Crippen LogP contribution in [0.4, 0.5) is 0 Å². The lowest BCUT2D eigenvalue weighted by molar-refractivity contribution is 0.148. The van der Waals surface area contributed by atoms with Crippen LogP contribution in [-0.4, -0.2) is 58.4 Å². The van der Waals surface area contributed by atoms with Gasteiger partial charge in [0.15, 0.2) is 0 Å². The van der Waals surface area contributed by atoms with Crippen LogP contribution < -0.4 is 5.32 Å². The van der Waals surface area contributed by atoms with E-state index in [4.69, 9.17) is 4.74 Å². The van der Waals surface area contributed by atoms with Gasteiger partial charge in [-0.1, -0.05) is 0 Å². The van der Waals surface area contributed by atoms with E-state index in [1.807, 2.05) is 7.05 Å². The Morgan fingerprint density at radius 2 is 2.06 bits per heavy atom. The zero-order valence-electron chi connectivity index (χ0n) is 9.94. The van der Waals surface area contributed by atoms with Crippen molar-refractivity contribution in [3.05, 3.63) is 0 Å². The predicted molar refractivity (Wildman–Crippen MR) is 64.0 cm³/mol. The zero-order chi connectivity index (χ0) is 11.9. The molecule has 5 nitrogen and oxygen atoms in total. The summed E-state index contributed by atoms with van der Waals surface area (Å²) in [6, 6.07) is 0. The Hall–Kier alpha value is -0.170. The maximum Gasteiger partial charge on any atom is 0.214 e. The molecular weight excluding hydrogens is 228 g/mol. The summed E-state index contributed by atoms with van der Waals surface area (Å²) in [4.78, 5) is 0. The molecule has 96 valence electrons. The van der Waals surface area contributed by atoms with E-state index in [1.165, 1.54) is 0 Å². The molecule has 0 atom stereocenters. The Balaban J connectivity index is 2.36. The van der Waals surface area contributed by atoms with E-state index in [2.05, 4.69) is 5.32 Å². The molecule has 0 aromatic rings. The van der Waals surface area contributed by atoms with Gasteiger partial charge in [-0.25, -0.2) is 8.42 Å². The monoisotopic (exact) mass is 250 g/mol. The summed E-state index contributed by atoms with van der Waals surface area (Å²) < 4.78 is 30.7. The van der Waals surface area contributed by atoms with Gasteiger partial charge < -0.3 is 10.1 Å². The maximum atomic E-state index is 12.0.